The Bertz CT molecular complexity index is 972. The molecule has 3 rings (SSSR count). The number of unbranched alkanes of at least 4 members (excludes halogenated alkanes) is 1. The first-order valence-electron chi connectivity index (χ1n) is 10.8. The van der Waals surface area contributed by atoms with Gasteiger partial charge in [0.25, 0.3) is 11.8 Å². The SMILES string of the molecule is CCCCC(C(=O)NC1CCCC1)N(C(=O)c1snc(C(N)=O)c1N)c1ccc(F)cc1. The molecule has 1 fully saturated rings. The summed E-state index contributed by atoms with van der Waals surface area (Å²) >= 11 is 0.752. The highest BCUT2D eigenvalue weighted by Crippen LogP contribution is 2.29. The van der Waals surface area contributed by atoms with Crippen molar-refractivity contribution in [2.24, 2.45) is 5.73 Å². The van der Waals surface area contributed by atoms with E-state index >= 15 is 0 Å². The molecule has 2 aromatic rings. The molecule has 1 unspecified atom stereocenters. The summed E-state index contributed by atoms with van der Waals surface area (Å²) < 4.78 is 17.5. The summed E-state index contributed by atoms with van der Waals surface area (Å²) in [6.07, 6.45) is 5.86. The first-order valence-corrected chi connectivity index (χ1v) is 11.5. The first-order chi connectivity index (χ1) is 15.3. The molecule has 1 saturated carbocycles. The van der Waals surface area contributed by atoms with Gasteiger partial charge in [-0.1, -0.05) is 32.6 Å². The molecule has 0 spiro atoms. The third kappa shape index (κ3) is 5.24. The highest BCUT2D eigenvalue weighted by Gasteiger charge is 2.35. The second kappa shape index (κ2) is 10.5. The van der Waals surface area contributed by atoms with Gasteiger partial charge in [-0.05, 0) is 55.1 Å². The van der Waals surface area contributed by atoms with Crippen LogP contribution >= 0.6 is 11.5 Å². The number of aromatic nitrogens is 1. The number of primary amides is 1. The fraction of sp³-hybridized carbons (Fsp3) is 0.455. The van der Waals surface area contributed by atoms with Crippen LogP contribution in [0, 0.1) is 5.82 Å². The summed E-state index contributed by atoms with van der Waals surface area (Å²) in [5.41, 5.74) is 11.3. The van der Waals surface area contributed by atoms with Crippen LogP contribution in [0.4, 0.5) is 15.8 Å². The Labute approximate surface area is 190 Å². The Hall–Kier alpha value is -3.01. The number of hydrogen-bond acceptors (Lipinski definition) is 6. The van der Waals surface area contributed by atoms with Gasteiger partial charge in [0.1, 0.15) is 16.7 Å². The topological polar surface area (TPSA) is 131 Å². The molecule has 0 saturated heterocycles. The van der Waals surface area contributed by atoms with Crippen molar-refractivity contribution < 1.29 is 18.8 Å². The van der Waals surface area contributed by atoms with E-state index in [1.54, 1.807) is 0 Å². The van der Waals surface area contributed by atoms with Crippen molar-refractivity contribution in [1.82, 2.24) is 9.69 Å². The maximum absolute atomic E-state index is 13.6. The zero-order valence-corrected chi connectivity index (χ0v) is 18.8. The average Bonchev–Trinajstić information content (AvgIpc) is 3.41. The van der Waals surface area contributed by atoms with E-state index in [0.717, 1.165) is 43.6 Å². The minimum atomic E-state index is -0.840. The van der Waals surface area contributed by atoms with Crippen molar-refractivity contribution >= 4 is 40.6 Å². The molecule has 1 atom stereocenters. The van der Waals surface area contributed by atoms with Gasteiger partial charge in [0.05, 0.1) is 5.69 Å². The second-order valence-electron chi connectivity index (χ2n) is 7.94. The van der Waals surface area contributed by atoms with Crippen LogP contribution in [0.2, 0.25) is 0 Å². The molecule has 1 aromatic carbocycles. The van der Waals surface area contributed by atoms with Gasteiger partial charge >= 0.3 is 0 Å². The van der Waals surface area contributed by atoms with Crippen molar-refractivity contribution in [2.75, 3.05) is 10.6 Å². The van der Waals surface area contributed by atoms with Crippen molar-refractivity contribution in [3.05, 3.63) is 40.7 Å². The Morgan fingerprint density at radius 3 is 2.47 bits per heavy atom. The Morgan fingerprint density at radius 2 is 1.91 bits per heavy atom. The smallest absolute Gasteiger partial charge is 0.272 e. The number of nitrogens with one attached hydrogen (secondary N) is 1. The monoisotopic (exact) mass is 461 g/mol. The van der Waals surface area contributed by atoms with Crippen LogP contribution in [0.25, 0.3) is 0 Å². The summed E-state index contributed by atoms with van der Waals surface area (Å²) in [5.74, 6) is -2.15. The third-order valence-corrected chi connectivity index (χ3v) is 6.48. The molecule has 1 aliphatic rings. The molecule has 0 radical (unpaired) electrons. The lowest BCUT2D eigenvalue weighted by atomic mass is 10.0. The van der Waals surface area contributed by atoms with E-state index in [1.807, 2.05) is 6.92 Å². The number of halogens is 1. The van der Waals surface area contributed by atoms with Crippen LogP contribution in [0.1, 0.15) is 72.0 Å². The van der Waals surface area contributed by atoms with Crippen molar-refractivity contribution in [1.29, 1.82) is 0 Å². The van der Waals surface area contributed by atoms with Crippen LogP contribution in [0.3, 0.4) is 0 Å². The minimum Gasteiger partial charge on any atom is -0.395 e. The van der Waals surface area contributed by atoms with Gasteiger partial charge in [0.2, 0.25) is 5.91 Å². The number of rotatable bonds is 9. The molecular weight excluding hydrogens is 433 g/mol. The number of anilines is 2. The number of amides is 3. The van der Waals surface area contributed by atoms with Gasteiger partial charge in [-0.25, -0.2) is 4.39 Å². The number of nitrogens with two attached hydrogens (primary N) is 2. The van der Waals surface area contributed by atoms with Gasteiger partial charge in [0.15, 0.2) is 5.69 Å². The van der Waals surface area contributed by atoms with Crippen LogP contribution in [-0.4, -0.2) is 34.2 Å². The molecule has 1 heterocycles. The van der Waals surface area contributed by atoms with Crippen LogP contribution < -0.4 is 21.7 Å². The highest BCUT2D eigenvalue weighted by atomic mass is 32.1. The summed E-state index contributed by atoms with van der Waals surface area (Å²) in [6.45, 7) is 2.00. The minimum absolute atomic E-state index is 0.0123. The van der Waals surface area contributed by atoms with Crippen LogP contribution in [0.15, 0.2) is 24.3 Å². The van der Waals surface area contributed by atoms with Gasteiger partial charge < -0.3 is 16.8 Å². The van der Waals surface area contributed by atoms with E-state index in [4.69, 9.17) is 11.5 Å². The summed E-state index contributed by atoms with van der Waals surface area (Å²) in [7, 11) is 0. The number of nitrogens with zero attached hydrogens (tertiary/aromatic N) is 2. The fourth-order valence-electron chi connectivity index (χ4n) is 3.92. The summed E-state index contributed by atoms with van der Waals surface area (Å²) in [6, 6.07) is 4.60. The lowest BCUT2D eigenvalue weighted by Crippen LogP contribution is -2.51. The molecule has 3 amide bonds. The maximum Gasteiger partial charge on any atom is 0.272 e. The molecular formula is C22H28FN5O3S. The Kier molecular flexibility index (Phi) is 7.79. The number of hydrogen-bond donors (Lipinski definition) is 3. The van der Waals surface area contributed by atoms with Crippen molar-refractivity contribution in [3.63, 3.8) is 0 Å². The van der Waals surface area contributed by atoms with E-state index in [9.17, 15) is 18.8 Å². The second-order valence-corrected chi connectivity index (χ2v) is 8.71. The molecule has 0 bridgehead atoms. The van der Waals surface area contributed by atoms with Crippen molar-refractivity contribution in [3.8, 4) is 0 Å². The number of carbonyl (C=O) groups excluding carboxylic acids is 3. The molecule has 172 valence electrons. The Balaban J connectivity index is 2.02. The lowest BCUT2D eigenvalue weighted by molar-refractivity contribution is -0.123. The van der Waals surface area contributed by atoms with Crippen LogP contribution in [0.5, 0.6) is 0 Å². The number of nitrogen functional groups attached to an aromatic ring is 1. The zero-order valence-electron chi connectivity index (χ0n) is 18.0. The molecule has 32 heavy (non-hydrogen) atoms. The number of benzene rings is 1. The fourth-order valence-corrected chi connectivity index (χ4v) is 4.66. The standard InChI is InChI=1S/C22H28FN5O3S/c1-2-3-8-16(21(30)26-14-6-4-5-7-14)28(15-11-9-13(23)10-12-15)22(31)19-17(24)18(20(25)29)27-32-19/h9-12,14,16H,2-8,24H2,1H3,(H2,25,29)(H,26,30). The molecule has 0 aliphatic heterocycles. The molecule has 1 aliphatic carbocycles. The molecule has 10 heteroatoms. The summed E-state index contributed by atoms with van der Waals surface area (Å²) in [4.78, 5) is 39.9. The Morgan fingerprint density at radius 1 is 1.25 bits per heavy atom. The maximum atomic E-state index is 13.6. The van der Waals surface area contributed by atoms with Crippen molar-refractivity contribution in [2.45, 2.75) is 64.0 Å². The number of carbonyl (C=O) groups is 3. The summed E-state index contributed by atoms with van der Waals surface area (Å²) in [5, 5.41) is 3.07. The predicted octanol–water partition coefficient (Wildman–Crippen LogP) is 3.23. The van der Waals surface area contributed by atoms with Gasteiger partial charge in [-0.15, -0.1) is 0 Å². The van der Waals surface area contributed by atoms with Gasteiger partial charge in [0, 0.05) is 11.7 Å². The van der Waals surface area contributed by atoms with Gasteiger partial charge in [-0.3, -0.25) is 19.3 Å². The van der Waals surface area contributed by atoms with E-state index in [-0.39, 0.29) is 28.2 Å². The zero-order chi connectivity index (χ0) is 23.3. The lowest BCUT2D eigenvalue weighted by Gasteiger charge is -2.32. The molecule has 5 N–H and O–H groups in total. The predicted molar refractivity (Wildman–Crippen MR) is 122 cm³/mol. The average molecular weight is 462 g/mol. The third-order valence-electron chi connectivity index (χ3n) is 5.63. The normalized spacial score (nSPS) is 14.8. The quantitative estimate of drug-likeness (QED) is 0.528. The van der Waals surface area contributed by atoms with E-state index < -0.39 is 23.7 Å². The largest absolute Gasteiger partial charge is 0.395 e. The van der Waals surface area contributed by atoms with Crippen LogP contribution in [-0.2, 0) is 4.79 Å². The van der Waals surface area contributed by atoms with E-state index in [0.29, 0.717) is 18.5 Å². The van der Waals surface area contributed by atoms with Gasteiger partial charge in [-0.2, -0.15) is 4.37 Å². The highest BCUT2D eigenvalue weighted by molar-refractivity contribution is 7.09. The molecule has 1 aromatic heterocycles. The van der Waals surface area contributed by atoms with E-state index in [2.05, 4.69) is 9.69 Å². The molecule has 8 nitrogen and oxygen atoms in total. The van der Waals surface area contributed by atoms with E-state index in [1.165, 1.54) is 29.2 Å². The first kappa shape index (κ1) is 23.6.